The minimum atomic E-state index is 0.367. The van der Waals surface area contributed by atoms with Crippen LogP contribution >= 0.6 is 15.9 Å². The highest BCUT2D eigenvalue weighted by molar-refractivity contribution is 9.10. The van der Waals surface area contributed by atoms with Gasteiger partial charge in [-0.25, -0.2) is 4.98 Å². The number of nitrogens with one attached hydrogen (secondary N) is 1. The van der Waals surface area contributed by atoms with Gasteiger partial charge in [-0.05, 0) is 47.0 Å². The van der Waals surface area contributed by atoms with Crippen LogP contribution in [0.25, 0.3) is 0 Å². The number of hydrogen-bond donors (Lipinski definition) is 1. The third-order valence-electron chi connectivity index (χ3n) is 2.51. The molecule has 1 aromatic heterocycles. The Hall–Kier alpha value is -1.35. The summed E-state index contributed by atoms with van der Waals surface area (Å²) in [6.07, 6.45) is 2.80. The summed E-state index contributed by atoms with van der Waals surface area (Å²) in [5, 5.41) is 3.39. The first-order valence-corrected chi connectivity index (χ1v) is 6.45. The van der Waals surface area contributed by atoms with Crippen LogP contribution in [0.4, 0.5) is 5.82 Å². The molecule has 1 atom stereocenters. The summed E-state index contributed by atoms with van der Waals surface area (Å²) in [7, 11) is 0. The van der Waals surface area contributed by atoms with Crippen molar-refractivity contribution in [2.24, 2.45) is 0 Å². The van der Waals surface area contributed by atoms with E-state index < -0.39 is 0 Å². The van der Waals surface area contributed by atoms with Crippen LogP contribution in [0.2, 0.25) is 0 Å². The quantitative estimate of drug-likeness (QED) is 0.924. The summed E-state index contributed by atoms with van der Waals surface area (Å²) in [5.74, 6) is 0.914. The third-order valence-corrected chi connectivity index (χ3v) is 2.98. The molecule has 0 amide bonds. The first-order chi connectivity index (χ1) is 8.24. The van der Waals surface area contributed by atoms with Crippen LogP contribution in [-0.4, -0.2) is 11.0 Å². The van der Waals surface area contributed by atoms with E-state index in [-0.39, 0.29) is 0 Å². The lowest BCUT2D eigenvalue weighted by atomic mass is 10.1. The van der Waals surface area contributed by atoms with Gasteiger partial charge in [0.25, 0.3) is 0 Å². The highest BCUT2D eigenvalue weighted by Crippen LogP contribution is 2.12. The van der Waals surface area contributed by atoms with Crippen molar-refractivity contribution in [1.29, 1.82) is 0 Å². The molecule has 0 spiro atoms. The number of rotatable bonds is 4. The molecule has 2 nitrogen and oxygen atoms in total. The Morgan fingerprint density at radius 3 is 2.59 bits per heavy atom. The first kappa shape index (κ1) is 12.1. The van der Waals surface area contributed by atoms with Crippen LogP contribution in [0.5, 0.6) is 0 Å². The van der Waals surface area contributed by atoms with Gasteiger partial charge < -0.3 is 5.32 Å². The lowest BCUT2D eigenvalue weighted by molar-refractivity contribution is 0.784. The molecular formula is C14H15BrN2. The van der Waals surface area contributed by atoms with Crippen molar-refractivity contribution >= 4 is 21.7 Å². The summed E-state index contributed by atoms with van der Waals surface area (Å²) in [4.78, 5) is 4.30. The molecule has 1 unspecified atom stereocenters. The molecule has 0 saturated carbocycles. The van der Waals surface area contributed by atoms with Crippen molar-refractivity contribution < 1.29 is 0 Å². The topological polar surface area (TPSA) is 24.9 Å². The number of benzene rings is 1. The number of nitrogens with zero attached hydrogens (tertiary/aromatic N) is 1. The second kappa shape index (κ2) is 5.82. The third kappa shape index (κ3) is 3.86. The molecule has 3 heteroatoms. The molecular weight excluding hydrogens is 276 g/mol. The summed E-state index contributed by atoms with van der Waals surface area (Å²) in [6, 6.07) is 14.8. The van der Waals surface area contributed by atoms with Crippen LogP contribution in [0.15, 0.2) is 53.1 Å². The van der Waals surface area contributed by atoms with Crippen molar-refractivity contribution in [3.8, 4) is 0 Å². The van der Waals surface area contributed by atoms with Gasteiger partial charge in [-0.1, -0.05) is 30.3 Å². The highest BCUT2D eigenvalue weighted by Gasteiger charge is 2.03. The zero-order valence-corrected chi connectivity index (χ0v) is 11.3. The second-order valence-corrected chi connectivity index (χ2v) is 5.01. The molecule has 0 aliphatic carbocycles. The van der Waals surface area contributed by atoms with E-state index in [4.69, 9.17) is 0 Å². The molecule has 0 bridgehead atoms. The van der Waals surface area contributed by atoms with Gasteiger partial charge in [-0.15, -0.1) is 0 Å². The van der Waals surface area contributed by atoms with Crippen LogP contribution in [0, 0.1) is 0 Å². The Bertz CT molecular complexity index is 453. The van der Waals surface area contributed by atoms with E-state index >= 15 is 0 Å². The van der Waals surface area contributed by atoms with Gasteiger partial charge in [0.1, 0.15) is 5.82 Å². The van der Waals surface area contributed by atoms with Crippen molar-refractivity contribution in [2.75, 3.05) is 5.32 Å². The maximum Gasteiger partial charge on any atom is 0.126 e. The average molecular weight is 291 g/mol. The zero-order valence-electron chi connectivity index (χ0n) is 9.73. The fourth-order valence-electron chi connectivity index (χ4n) is 1.73. The van der Waals surface area contributed by atoms with Crippen molar-refractivity contribution in [1.82, 2.24) is 4.98 Å². The Kier molecular flexibility index (Phi) is 4.15. The first-order valence-electron chi connectivity index (χ1n) is 5.66. The standard InChI is InChI=1S/C14H15BrN2/c1-11(9-12-5-3-2-4-6-12)17-14-8-7-13(15)10-16-14/h2-8,10-11H,9H2,1H3,(H,16,17). The van der Waals surface area contributed by atoms with E-state index in [0.717, 1.165) is 16.7 Å². The zero-order chi connectivity index (χ0) is 12.1. The fourth-order valence-corrected chi connectivity index (χ4v) is 1.97. The summed E-state index contributed by atoms with van der Waals surface area (Å²) in [6.45, 7) is 2.16. The smallest absolute Gasteiger partial charge is 0.126 e. The molecule has 88 valence electrons. The van der Waals surface area contributed by atoms with E-state index in [1.165, 1.54) is 5.56 Å². The molecule has 0 aliphatic rings. The van der Waals surface area contributed by atoms with Crippen LogP contribution in [0.3, 0.4) is 0 Å². The second-order valence-electron chi connectivity index (χ2n) is 4.10. The lowest BCUT2D eigenvalue weighted by Gasteiger charge is -2.14. The molecule has 0 radical (unpaired) electrons. The van der Waals surface area contributed by atoms with Crippen LogP contribution in [0.1, 0.15) is 12.5 Å². The Labute approximate surface area is 110 Å². The van der Waals surface area contributed by atoms with Crippen molar-refractivity contribution in [2.45, 2.75) is 19.4 Å². The molecule has 0 saturated heterocycles. The van der Waals surface area contributed by atoms with Gasteiger partial charge in [0, 0.05) is 16.7 Å². The molecule has 0 fully saturated rings. The van der Waals surface area contributed by atoms with Crippen molar-refractivity contribution in [3.05, 3.63) is 58.7 Å². The SMILES string of the molecule is CC(Cc1ccccc1)Nc1ccc(Br)cn1. The van der Waals surface area contributed by atoms with Gasteiger partial charge in [-0.3, -0.25) is 0 Å². The predicted molar refractivity (Wildman–Crippen MR) is 75.2 cm³/mol. The predicted octanol–water partition coefficient (Wildman–Crippen LogP) is 3.89. The summed E-state index contributed by atoms with van der Waals surface area (Å²) < 4.78 is 0.999. The maximum absolute atomic E-state index is 4.30. The number of pyridine rings is 1. The summed E-state index contributed by atoms with van der Waals surface area (Å²) in [5.41, 5.74) is 1.34. The van der Waals surface area contributed by atoms with Gasteiger partial charge in [0.15, 0.2) is 0 Å². The van der Waals surface area contributed by atoms with E-state index in [0.29, 0.717) is 6.04 Å². The Morgan fingerprint density at radius 1 is 1.18 bits per heavy atom. The fraction of sp³-hybridized carbons (Fsp3) is 0.214. The number of halogens is 1. The monoisotopic (exact) mass is 290 g/mol. The van der Waals surface area contributed by atoms with Gasteiger partial charge in [-0.2, -0.15) is 0 Å². The van der Waals surface area contributed by atoms with Crippen LogP contribution < -0.4 is 5.32 Å². The molecule has 1 aromatic carbocycles. The highest BCUT2D eigenvalue weighted by atomic mass is 79.9. The Balaban J connectivity index is 1.93. The number of anilines is 1. The minimum absolute atomic E-state index is 0.367. The number of hydrogen-bond acceptors (Lipinski definition) is 2. The van der Waals surface area contributed by atoms with Gasteiger partial charge in [0.2, 0.25) is 0 Å². The lowest BCUT2D eigenvalue weighted by Crippen LogP contribution is -2.18. The van der Waals surface area contributed by atoms with E-state index in [2.05, 4.69) is 57.4 Å². The average Bonchev–Trinajstić information content (AvgIpc) is 2.33. The molecule has 1 heterocycles. The molecule has 1 N–H and O–H groups in total. The van der Waals surface area contributed by atoms with Gasteiger partial charge >= 0.3 is 0 Å². The molecule has 17 heavy (non-hydrogen) atoms. The number of aromatic nitrogens is 1. The van der Waals surface area contributed by atoms with E-state index in [1.54, 1.807) is 6.20 Å². The minimum Gasteiger partial charge on any atom is -0.367 e. The van der Waals surface area contributed by atoms with Crippen molar-refractivity contribution in [3.63, 3.8) is 0 Å². The largest absolute Gasteiger partial charge is 0.367 e. The molecule has 2 aromatic rings. The van der Waals surface area contributed by atoms with Crippen LogP contribution in [-0.2, 0) is 6.42 Å². The van der Waals surface area contributed by atoms with E-state index in [9.17, 15) is 0 Å². The van der Waals surface area contributed by atoms with Gasteiger partial charge in [0.05, 0.1) is 0 Å². The molecule has 2 rings (SSSR count). The maximum atomic E-state index is 4.30. The van der Waals surface area contributed by atoms with E-state index in [1.807, 2.05) is 18.2 Å². The normalized spacial score (nSPS) is 12.1. The summed E-state index contributed by atoms with van der Waals surface area (Å²) >= 11 is 3.38. The Morgan fingerprint density at radius 2 is 1.94 bits per heavy atom. The molecule has 0 aliphatic heterocycles.